The molecule has 0 saturated carbocycles. The van der Waals surface area contributed by atoms with Gasteiger partial charge in [-0.3, -0.25) is 14.5 Å². The Labute approximate surface area is 284 Å². The quantitative estimate of drug-likeness (QED) is 0.112. The molecule has 0 aliphatic rings. The minimum Gasteiger partial charge on any atom is -0.379 e. The summed E-state index contributed by atoms with van der Waals surface area (Å²) >= 11 is 0. The largest absolute Gasteiger partial charge is 0.379 e. The summed E-state index contributed by atoms with van der Waals surface area (Å²) in [5, 5.41) is 14.9. The molecule has 0 fully saturated rings. The molecule has 1 amide bonds. The molecule has 1 atom stereocenters. The Morgan fingerprint density at radius 1 is 0.938 bits per heavy atom. The number of nitrogens with zero attached hydrogens (tertiary/aromatic N) is 5. The van der Waals surface area contributed by atoms with E-state index in [0.29, 0.717) is 52.6 Å². The van der Waals surface area contributed by atoms with Crippen LogP contribution in [0.5, 0.6) is 0 Å². The van der Waals surface area contributed by atoms with Gasteiger partial charge in [-0.15, -0.1) is 5.10 Å². The van der Waals surface area contributed by atoms with E-state index < -0.39 is 0 Å². The molecule has 0 saturated heterocycles. The van der Waals surface area contributed by atoms with E-state index in [9.17, 15) is 4.79 Å². The van der Waals surface area contributed by atoms with Crippen LogP contribution < -0.4 is 10.6 Å². The molecule has 1 aromatic carbocycles. The molecule has 3 aromatic heterocycles. The average Bonchev–Trinajstić information content (AvgIpc) is 3.54. The van der Waals surface area contributed by atoms with Gasteiger partial charge < -0.3 is 24.8 Å². The predicted molar refractivity (Wildman–Crippen MR) is 189 cm³/mol. The fraction of sp³-hybridized carbons (Fsp3) is 0.432. The summed E-state index contributed by atoms with van der Waals surface area (Å²) in [6.07, 6.45) is 12.8. The van der Waals surface area contributed by atoms with E-state index in [1.807, 2.05) is 60.5 Å². The molecule has 0 aliphatic heterocycles. The van der Waals surface area contributed by atoms with Crippen molar-refractivity contribution in [3.8, 4) is 11.1 Å². The number of amides is 1. The Bertz CT molecular complexity index is 1540. The summed E-state index contributed by atoms with van der Waals surface area (Å²) in [6.45, 7) is 12.3. The van der Waals surface area contributed by atoms with Crippen LogP contribution in [-0.2, 0) is 32.2 Å². The summed E-state index contributed by atoms with van der Waals surface area (Å²) in [6, 6.07) is 16.4. The van der Waals surface area contributed by atoms with E-state index in [2.05, 4.69) is 77.1 Å². The fourth-order valence-electron chi connectivity index (χ4n) is 4.47. The van der Waals surface area contributed by atoms with Crippen LogP contribution in [0.25, 0.3) is 23.3 Å². The zero-order valence-corrected chi connectivity index (χ0v) is 28.6. The molecule has 48 heavy (non-hydrogen) atoms. The van der Waals surface area contributed by atoms with Crippen molar-refractivity contribution < 1.29 is 19.0 Å². The molecular formula is C37H49N7O4. The highest BCUT2D eigenvalue weighted by Gasteiger charge is 2.21. The van der Waals surface area contributed by atoms with E-state index >= 15 is 0 Å². The third-order valence-corrected chi connectivity index (χ3v) is 7.75. The monoisotopic (exact) mass is 655 g/mol. The summed E-state index contributed by atoms with van der Waals surface area (Å²) in [7, 11) is 0. The van der Waals surface area contributed by atoms with Crippen molar-refractivity contribution in [2.45, 2.75) is 59.7 Å². The highest BCUT2D eigenvalue weighted by molar-refractivity contribution is 5.78. The lowest BCUT2D eigenvalue weighted by molar-refractivity contribution is -0.123. The van der Waals surface area contributed by atoms with Crippen molar-refractivity contribution in [1.82, 2.24) is 30.3 Å². The predicted octanol–water partition coefficient (Wildman–Crippen LogP) is 5.90. The minimum absolute atomic E-state index is 0.00214. The van der Waals surface area contributed by atoms with Gasteiger partial charge in [0.25, 0.3) is 0 Å². The molecule has 0 aliphatic carbocycles. The number of carbonyl (C=O) groups is 1. The first-order valence-electron chi connectivity index (χ1n) is 16.6. The number of nitrogens with one attached hydrogen (secondary N) is 2. The second-order valence-corrected chi connectivity index (χ2v) is 12.6. The number of pyridine rings is 2. The van der Waals surface area contributed by atoms with Gasteiger partial charge in [-0.1, -0.05) is 74.5 Å². The molecule has 4 rings (SSSR count). The van der Waals surface area contributed by atoms with Gasteiger partial charge in [-0.05, 0) is 36.5 Å². The van der Waals surface area contributed by atoms with Crippen LogP contribution in [0.4, 0.5) is 5.82 Å². The van der Waals surface area contributed by atoms with Gasteiger partial charge in [-0.25, -0.2) is 4.98 Å². The maximum atomic E-state index is 12.0. The molecule has 0 bridgehead atoms. The molecule has 11 heteroatoms. The Kier molecular flexibility index (Phi) is 14.7. The maximum absolute atomic E-state index is 12.0. The van der Waals surface area contributed by atoms with Crippen molar-refractivity contribution in [3.63, 3.8) is 0 Å². The highest BCUT2D eigenvalue weighted by atomic mass is 16.5. The van der Waals surface area contributed by atoms with Gasteiger partial charge in [0.15, 0.2) is 0 Å². The zero-order chi connectivity index (χ0) is 34.0. The number of hydrogen-bond acceptors (Lipinski definition) is 9. The standard InChI is InChI=1S/C37H49N7O4/c1-29(37(2,3)4)41-35(45)15-19-46-20-21-47-22-23-48-28-34-27-44(43-42-34)18-9-17-39-36-31(14-13-30-10-6-5-7-11-30)24-33(26-40-36)32-12-8-16-38-25-32/h5-8,10-14,16,24-27,29H,9,15,17-23,28H2,1-4H3,(H,39,40)(H,41,45)/b14-13+. The lowest BCUT2D eigenvalue weighted by Gasteiger charge is -2.28. The van der Waals surface area contributed by atoms with Crippen molar-refractivity contribution in [2.24, 2.45) is 5.41 Å². The molecule has 0 radical (unpaired) electrons. The molecule has 4 aromatic rings. The summed E-state index contributed by atoms with van der Waals surface area (Å²) < 4.78 is 18.6. The van der Waals surface area contributed by atoms with Gasteiger partial charge in [0, 0.05) is 60.8 Å². The van der Waals surface area contributed by atoms with Crippen molar-refractivity contribution in [3.05, 3.63) is 90.1 Å². The third kappa shape index (κ3) is 13.0. The first-order valence-corrected chi connectivity index (χ1v) is 16.6. The lowest BCUT2D eigenvalue weighted by atomic mass is 9.88. The Morgan fingerprint density at radius 2 is 1.71 bits per heavy atom. The second-order valence-electron chi connectivity index (χ2n) is 12.6. The molecule has 2 N–H and O–H groups in total. The first-order chi connectivity index (χ1) is 23.3. The van der Waals surface area contributed by atoms with E-state index in [-0.39, 0.29) is 17.4 Å². The zero-order valence-electron chi connectivity index (χ0n) is 28.6. The molecule has 256 valence electrons. The number of aryl methyl sites for hydroxylation is 1. The molecule has 3 heterocycles. The highest BCUT2D eigenvalue weighted by Crippen LogP contribution is 2.24. The van der Waals surface area contributed by atoms with Gasteiger partial charge >= 0.3 is 0 Å². The minimum atomic E-state index is 0.00214. The smallest absolute Gasteiger partial charge is 0.222 e. The number of ether oxygens (including phenoxy) is 3. The fourth-order valence-corrected chi connectivity index (χ4v) is 4.47. The van der Waals surface area contributed by atoms with Crippen LogP contribution in [0.3, 0.4) is 0 Å². The number of rotatable bonds is 20. The van der Waals surface area contributed by atoms with Crippen LogP contribution >= 0.6 is 0 Å². The van der Waals surface area contributed by atoms with Crippen LogP contribution in [0.1, 0.15) is 57.4 Å². The number of aromatic nitrogens is 5. The average molecular weight is 656 g/mol. The van der Waals surface area contributed by atoms with E-state index in [1.54, 1.807) is 6.20 Å². The van der Waals surface area contributed by atoms with E-state index in [0.717, 1.165) is 46.7 Å². The van der Waals surface area contributed by atoms with Crippen molar-refractivity contribution >= 4 is 23.9 Å². The molecule has 1 unspecified atom stereocenters. The Balaban J connectivity index is 1.10. The number of carbonyl (C=O) groups excluding carboxylic acids is 1. The molecule has 11 nitrogen and oxygen atoms in total. The SMILES string of the molecule is CC(NC(=O)CCOCCOCCOCc1cn(CCCNc2ncc(-c3cccnc3)cc2/C=C/c2ccccc2)nn1)C(C)(C)C. The molecule has 0 spiro atoms. The van der Waals surface area contributed by atoms with Crippen molar-refractivity contribution in [2.75, 3.05) is 44.9 Å². The van der Waals surface area contributed by atoms with E-state index in [1.165, 1.54) is 0 Å². The van der Waals surface area contributed by atoms with Gasteiger partial charge in [0.05, 0.1) is 45.8 Å². The van der Waals surface area contributed by atoms with E-state index in [4.69, 9.17) is 19.2 Å². The van der Waals surface area contributed by atoms with Gasteiger partial charge in [-0.2, -0.15) is 0 Å². The normalized spacial score (nSPS) is 12.3. The Hall–Kier alpha value is -4.45. The van der Waals surface area contributed by atoms with Gasteiger partial charge in [0.1, 0.15) is 11.5 Å². The Morgan fingerprint density at radius 3 is 2.46 bits per heavy atom. The molecular weight excluding hydrogens is 606 g/mol. The maximum Gasteiger partial charge on any atom is 0.222 e. The van der Waals surface area contributed by atoms with Crippen LogP contribution in [0.15, 0.2) is 73.3 Å². The lowest BCUT2D eigenvalue weighted by Crippen LogP contribution is -2.41. The third-order valence-electron chi connectivity index (χ3n) is 7.75. The van der Waals surface area contributed by atoms with Gasteiger partial charge in [0.2, 0.25) is 5.91 Å². The summed E-state index contributed by atoms with van der Waals surface area (Å²) in [4.78, 5) is 21.0. The van der Waals surface area contributed by atoms with Crippen LogP contribution in [0, 0.1) is 5.41 Å². The number of hydrogen-bond donors (Lipinski definition) is 2. The van der Waals surface area contributed by atoms with Crippen molar-refractivity contribution in [1.29, 1.82) is 0 Å². The van der Waals surface area contributed by atoms with Crippen LogP contribution in [-0.4, -0.2) is 76.5 Å². The second kappa shape index (κ2) is 19.4. The summed E-state index contributed by atoms with van der Waals surface area (Å²) in [5.41, 5.74) is 4.96. The first kappa shape index (κ1) is 36.4. The van der Waals surface area contributed by atoms with Crippen LogP contribution in [0.2, 0.25) is 0 Å². The topological polar surface area (TPSA) is 125 Å². The number of anilines is 1. The summed E-state index contributed by atoms with van der Waals surface area (Å²) in [5.74, 6) is 0.826. The number of benzene rings is 1.